The Labute approximate surface area is 187 Å². The molecule has 1 unspecified atom stereocenters. The molecule has 0 spiro atoms. The third-order valence-electron chi connectivity index (χ3n) is 6.07. The average Bonchev–Trinajstić information content (AvgIpc) is 3.15. The predicted octanol–water partition coefficient (Wildman–Crippen LogP) is 3.93. The molecule has 0 radical (unpaired) electrons. The minimum absolute atomic E-state index is 0.139. The largest absolute Gasteiger partial charge is 0.457 e. The highest BCUT2D eigenvalue weighted by atomic mass is 16.5. The molecular weight excluding hydrogens is 402 g/mol. The molecule has 162 valence electrons. The SMILES string of the molecule is O=C1CC(N2CCN(c3ccccc3)CC2)C(=O)N1c1ccc(Oc2ccccc2)cc1. The molecule has 2 aliphatic rings. The standard InChI is InChI=1S/C26H25N3O3/c30-25-19-24(28-17-15-27(16-18-28)20-7-3-1-4-8-20)26(31)29(25)21-11-13-23(14-12-21)32-22-9-5-2-6-10-22/h1-14,24H,15-19H2. The second-order valence-corrected chi connectivity index (χ2v) is 8.05. The third kappa shape index (κ3) is 4.09. The van der Waals surface area contributed by atoms with Crippen molar-refractivity contribution >= 4 is 23.2 Å². The maximum absolute atomic E-state index is 13.2. The van der Waals surface area contributed by atoms with E-state index in [0.29, 0.717) is 11.4 Å². The van der Waals surface area contributed by atoms with Crippen molar-refractivity contribution in [3.05, 3.63) is 84.9 Å². The van der Waals surface area contributed by atoms with Crippen LogP contribution in [-0.4, -0.2) is 48.9 Å². The molecule has 0 N–H and O–H groups in total. The highest BCUT2D eigenvalue weighted by Gasteiger charge is 2.43. The maximum atomic E-state index is 13.2. The lowest BCUT2D eigenvalue weighted by atomic mass is 10.1. The van der Waals surface area contributed by atoms with Gasteiger partial charge in [0.25, 0.3) is 5.91 Å². The van der Waals surface area contributed by atoms with Gasteiger partial charge in [0.05, 0.1) is 18.2 Å². The zero-order valence-electron chi connectivity index (χ0n) is 17.8. The number of anilines is 2. The number of carbonyl (C=O) groups excluding carboxylic acids is 2. The van der Waals surface area contributed by atoms with Gasteiger partial charge in [-0.1, -0.05) is 36.4 Å². The minimum Gasteiger partial charge on any atom is -0.457 e. The second kappa shape index (κ2) is 8.85. The summed E-state index contributed by atoms with van der Waals surface area (Å²) in [6, 6.07) is 26.5. The van der Waals surface area contributed by atoms with Gasteiger partial charge in [-0.05, 0) is 48.5 Å². The lowest BCUT2D eigenvalue weighted by molar-refractivity contribution is -0.123. The van der Waals surface area contributed by atoms with E-state index in [1.54, 1.807) is 24.3 Å². The monoisotopic (exact) mass is 427 g/mol. The van der Waals surface area contributed by atoms with Crippen molar-refractivity contribution < 1.29 is 14.3 Å². The number of benzene rings is 3. The van der Waals surface area contributed by atoms with Crippen molar-refractivity contribution in [2.24, 2.45) is 0 Å². The van der Waals surface area contributed by atoms with E-state index in [-0.39, 0.29) is 24.3 Å². The highest BCUT2D eigenvalue weighted by molar-refractivity contribution is 6.22. The molecule has 0 aliphatic carbocycles. The Bertz CT molecular complexity index is 1080. The van der Waals surface area contributed by atoms with Gasteiger partial charge in [0.2, 0.25) is 5.91 Å². The van der Waals surface area contributed by atoms with E-state index in [1.165, 1.54) is 10.6 Å². The lowest BCUT2D eigenvalue weighted by Crippen LogP contribution is -2.52. The summed E-state index contributed by atoms with van der Waals surface area (Å²) in [6.45, 7) is 3.20. The number of imide groups is 1. The van der Waals surface area contributed by atoms with E-state index in [9.17, 15) is 9.59 Å². The van der Waals surface area contributed by atoms with Gasteiger partial charge in [-0.2, -0.15) is 0 Å². The fourth-order valence-corrected chi connectivity index (χ4v) is 4.39. The summed E-state index contributed by atoms with van der Waals surface area (Å²) in [7, 11) is 0. The second-order valence-electron chi connectivity index (χ2n) is 8.05. The van der Waals surface area contributed by atoms with Crippen LogP contribution in [0.15, 0.2) is 84.9 Å². The van der Waals surface area contributed by atoms with Gasteiger partial charge in [-0.3, -0.25) is 14.5 Å². The van der Waals surface area contributed by atoms with Crippen LogP contribution in [0.4, 0.5) is 11.4 Å². The first-order valence-electron chi connectivity index (χ1n) is 10.9. The van der Waals surface area contributed by atoms with Crippen molar-refractivity contribution in [1.82, 2.24) is 4.90 Å². The van der Waals surface area contributed by atoms with Crippen LogP contribution in [0, 0.1) is 0 Å². The van der Waals surface area contributed by atoms with E-state index in [2.05, 4.69) is 21.9 Å². The van der Waals surface area contributed by atoms with Gasteiger partial charge in [0.1, 0.15) is 11.5 Å². The Morgan fingerprint density at radius 3 is 1.91 bits per heavy atom. The van der Waals surface area contributed by atoms with Crippen LogP contribution in [0.3, 0.4) is 0 Å². The molecule has 3 aromatic carbocycles. The van der Waals surface area contributed by atoms with E-state index < -0.39 is 0 Å². The first-order valence-corrected chi connectivity index (χ1v) is 10.9. The topological polar surface area (TPSA) is 53.1 Å². The Balaban J connectivity index is 1.23. The van der Waals surface area contributed by atoms with Gasteiger partial charge >= 0.3 is 0 Å². The van der Waals surface area contributed by atoms with E-state index in [0.717, 1.165) is 31.9 Å². The number of rotatable bonds is 5. The molecule has 0 bridgehead atoms. The predicted molar refractivity (Wildman–Crippen MR) is 124 cm³/mol. The molecule has 3 aromatic rings. The van der Waals surface area contributed by atoms with Crippen LogP contribution in [-0.2, 0) is 9.59 Å². The molecule has 2 saturated heterocycles. The molecule has 0 saturated carbocycles. The van der Waals surface area contributed by atoms with Gasteiger partial charge in [-0.15, -0.1) is 0 Å². The molecule has 32 heavy (non-hydrogen) atoms. The van der Waals surface area contributed by atoms with Crippen molar-refractivity contribution in [2.45, 2.75) is 12.5 Å². The van der Waals surface area contributed by atoms with Crippen LogP contribution in [0.2, 0.25) is 0 Å². The van der Waals surface area contributed by atoms with Crippen LogP contribution >= 0.6 is 0 Å². The fourth-order valence-electron chi connectivity index (χ4n) is 4.39. The molecule has 6 heteroatoms. The molecular formula is C26H25N3O3. The average molecular weight is 428 g/mol. The smallest absolute Gasteiger partial charge is 0.251 e. The quantitative estimate of drug-likeness (QED) is 0.578. The molecule has 0 aromatic heterocycles. The summed E-state index contributed by atoms with van der Waals surface area (Å²) in [5.74, 6) is 1.11. The first-order chi connectivity index (χ1) is 15.7. The Kier molecular flexibility index (Phi) is 5.60. The van der Waals surface area contributed by atoms with E-state index >= 15 is 0 Å². The molecule has 2 amide bonds. The van der Waals surface area contributed by atoms with Crippen LogP contribution in [0.1, 0.15) is 6.42 Å². The maximum Gasteiger partial charge on any atom is 0.251 e. The molecule has 2 heterocycles. The summed E-state index contributed by atoms with van der Waals surface area (Å²) in [5, 5.41) is 0. The molecule has 6 nitrogen and oxygen atoms in total. The summed E-state index contributed by atoms with van der Waals surface area (Å²) in [5.41, 5.74) is 1.78. The Morgan fingerprint density at radius 2 is 1.25 bits per heavy atom. The summed E-state index contributed by atoms with van der Waals surface area (Å²) < 4.78 is 5.81. The van der Waals surface area contributed by atoms with Crippen molar-refractivity contribution in [2.75, 3.05) is 36.0 Å². The van der Waals surface area contributed by atoms with Crippen molar-refractivity contribution in [3.8, 4) is 11.5 Å². The summed E-state index contributed by atoms with van der Waals surface area (Å²) in [4.78, 5) is 31.7. The number of para-hydroxylation sites is 2. The first kappa shape index (κ1) is 20.3. The molecule has 1 atom stereocenters. The molecule has 2 fully saturated rings. The number of hydrogen-bond donors (Lipinski definition) is 0. The zero-order valence-corrected chi connectivity index (χ0v) is 17.8. The summed E-state index contributed by atoms with van der Waals surface area (Å²) in [6.07, 6.45) is 0.229. The fraction of sp³-hybridized carbons (Fsp3) is 0.231. The van der Waals surface area contributed by atoms with Crippen molar-refractivity contribution in [1.29, 1.82) is 0 Å². The van der Waals surface area contributed by atoms with Crippen molar-refractivity contribution in [3.63, 3.8) is 0 Å². The Hall–Kier alpha value is -3.64. The number of amides is 2. The van der Waals surface area contributed by atoms with E-state index in [4.69, 9.17) is 4.74 Å². The number of nitrogens with zero attached hydrogens (tertiary/aromatic N) is 3. The number of ether oxygens (including phenoxy) is 1. The lowest BCUT2D eigenvalue weighted by Gasteiger charge is -2.38. The van der Waals surface area contributed by atoms with E-state index in [1.807, 2.05) is 48.5 Å². The zero-order chi connectivity index (χ0) is 21.9. The van der Waals surface area contributed by atoms with Crippen LogP contribution < -0.4 is 14.5 Å². The highest BCUT2D eigenvalue weighted by Crippen LogP contribution is 2.29. The minimum atomic E-state index is -0.388. The number of hydrogen-bond acceptors (Lipinski definition) is 5. The van der Waals surface area contributed by atoms with Crippen LogP contribution in [0.5, 0.6) is 11.5 Å². The molecule has 2 aliphatic heterocycles. The molecule has 5 rings (SSSR count). The van der Waals surface area contributed by atoms with Crippen LogP contribution in [0.25, 0.3) is 0 Å². The normalized spacial score (nSPS) is 19.4. The van der Waals surface area contributed by atoms with Gasteiger partial charge < -0.3 is 9.64 Å². The number of piperazine rings is 1. The van der Waals surface area contributed by atoms with Gasteiger partial charge in [0.15, 0.2) is 0 Å². The number of carbonyl (C=O) groups is 2. The van der Waals surface area contributed by atoms with Gasteiger partial charge in [0, 0.05) is 31.9 Å². The third-order valence-corrected chi connectivity index (χ3v) is 6.07. The Morgan fingerprint density at radius 1 is 0.656 bits per heavy atom. The van der Waals surface area contributed by atoms with Gasteiger partial charge in [-0.25, -0.2) is 4.90 Å². The summed E-state index contributed by atoms with van der Waals surface area (Å²) >= 11 is 0.